The summed E-state index contributed by atoms with van der Waals surface area (Å²) >= 11 is 4.92. The molecule has 0 aliphatic heterocycles. The van der Waals surface area contributed by atoms with Gasteiger partial charge in [-0.1, -0.05) is 39.4 Å². The lowest BCUT2D eigenvalue weighted by Gasteiger charge is -2.13. The summed E-state index contributed by atoms with van der Waals surface area (Å²) in [4.78, 5) is 0.703. The molecule has 0 N–H and O–H groups in total. The minimum atomic E-state index is 0.543. The Balaban J connectivity index is 1.84. The van der Waals surface area contributed by atoms with Gasteiger partial charge < -0.3 is 14.2 Å². The third kappa shape index (κ3) is 3.13. The molecule has 4 rings (SSSR count). The molecule has 0 radical (unpaired) electrons. The Bertz CT molecular complexity index is 1100. The number of hydrogen-bond acceptors (Lipinski definition) is 7. The van der Waals surface area contributed by atoms with Gasteiger partial charge in [0.25, 0.3) is 0 Å². The number of benzene rings is 2. The van der Waals surface area contributed by atoms with Crippen molar-refractivity contribution in [2.45, 2.75) is 0 Å². The molecule has 9 heteroatoms. The van der Waals surface area contributed by atoms with Gasteiger partial charge in [-0.25, -0.2) is 0 Å². The zero-order valence-electron chi connectivity index (χ0n) is 14.8. The maximum Gasteiger partial charge on any atom is 0.235 e. The first-order valence-corrected chi connectivity index (χ1v) is 9.54. The molecule has 0 spiro atoms. The topological polar surface area (TPSA) is 70.8 Å². The van der Waals surface area contributed by atoms with Gasteiger partial charge in [0.2, 0.25) is 10.7 Å². The minimum absolute atomic E-state index is 0.543. The van der Waals surface area contributed by atoms with E-state index in [4.69, 9.17) is 19.3 Å². The summed E-state index contributed by atoms with van der Waals surface area (Å²) < 4.78 is 19.0. The number of rotatable bonds is 5. The molecular formula is C18H15BrN4O3S. The second-order valence-electron chi connectivity index (χ2n) is 5.55. The van der Waals surface area contributed by atoms with E-state index in [0.29, 0.717) is 28.0 Å². The van der Waals surface area contributed by atoms with E-state index in [-0.39, 0.29) is 0 Å². The van der Waals surface area contributed by atoms with Gasteiger partial charge in [0, 0.05) is 15.6 Å². The fraction of sp³-hybridized carbons (Fsp3) is 0.167. The number of aromatic nitrogens is 4. The first-order valence-electron chi connectivity index (χ1n) is 7.93. The van der Waals surface area contributed by atoms with Crippen molar-refractivity contribution in [3.05, 3.63) is 40.9 Å². The molecule has 2 heterocycles. The van der Waals surface area contributed by atoms with Crippen LogP contribution in [0.2, 0.25) is 0 Å². The van der Waals surface area contributed by atoms with E-state index in [1.165, 1.54) is 11.3 Å². The van der Waals surface area contributed by atoms with Crippen molar-refractivity contribution >= 4 is 32.2 Å². The zero-order valence-corrected chi connectivity index (χ0v) is 17.2. The van der Waals surface area contributed by atoms with Crippen LogP contribution in [0.15, 0.2) is 40.9 Å². The van der Waals surface area contributed by atoms with Gasteiger partial charge in [0.15, 0.2) is 17.3 Å². The predicted molar refractivity (Wildman–Crippen MR) is 107 cm³/mol. The number of hydrogen-bond donors (Lipinski definition) is 0. The average molecular weight is 447 g/mol. The smallest absolute Gasteiger partial charge is 0.235 e. The highest BCUT2D eigenvalue weighted by Crippen LogP contribution is 2.42. The Morgan fingerprint density at radius 3 is 2.30 bits per heavy atom. The highest BCUT2D eigenvalue weighted by molar-refractivity contribution is 9.10. The van der Waals surface area contributed by atoms with Gasteiger partial charge in [0.1, 0.15) is 5.01 Å². The van der Waals surface area contributed by atoms with E-state index < -0.39 is 0 Å². The quantitative estimate of drug-likeness (QED) is 0.454. The second-order valence-corrected chi connectivity index (χ2v) is 7.42. The van der Waals surface area contributed by atoms with Gasteiger partial charge in [-0.3, -0.25) is 0 Å². The molecule has 2 aromatic carbocycles. The standard InChI is InChI=1S/C18H15BrN4O3S/c1-24-13-8-11(9-14(25-2)15(13)26-3)17-22-23-16(20-21-18(23)27-17)10-5-4-6-12(19)7-10/h4-9H,1-3H3. The molecule has 0 fully saturated rings. The summed E-state index contributed by atoms with van der Waals surface area (Å²) in [6.07, 6.45) is 0. The molecular weight excluding hydrogens is 432 g/mol. The normalized spacial score (nSPS) is 11.0. The van der Waals surface area contributed by atoms with Gasteiger partial charge in [-0.2, -0.15) is 9.61 Å². The van der Waals surface area contributed by atoms with Crippen molar-refractivity contribution in [2.24, 2.45) is 0 Å². The molecule has 2 aromatic heterocycles. The van der Waals surface area contributed by atoms with Crippen LogP contribution in [0.1, 0.15) is 0 Å². The van der Waals surface area contributed by atoms with E-state index in [1.807, 2.05) is 36.4 Å². The lowest BCUT2D eigenvalue weighted by Crippen LogP contribution is -1.96. The molecule has 138 valence electrons. The second kappa shape index (κ2) is 7.16. The summed E-state index contributed by atoms with van der Waals surface area (Å²) in [5.41, 5.74) is 1.78. The summed E-state index contributed by atoms with van der Waals surface area (Å²) in [5.74, 6) is 2.37. The Hall–Kier alpha value is -2.65. The van der Waals surface area contributed by atoms with Crippen LogP contribution in [0.4, 0.5) is 0 Å². The van der Waals surface area contributed by atoms with Crippen LogP contribution in [0.3, 0.4) is 0 Å². The highest BCUT2D eigenvalue weighted by Gasteiger charge is 2.19. The first-order chi connectivity index (χ1) is 13.1. The van der Waals surface area contributed by atoms with Crippen molar-refractivity contribution in [3.63, 3.8) is 0 Å². The summed E-state index contributed by atoms with van der Waals surface area (Å²) in [5, 5.41) is 14.0. The predicted octanol–water partition coefficient (Wildman–Crippen LogP) is 4.31. The van der Waals surface area contributed by atoms with Gasteiger partial charge in [0.05, 0.1) is 21.3 Å². The fourth-order valence-corrected chi connectivity index (χ4v) is 3.97. The SMILES string of the molecule is COc1cc(-c2nn3c(-c4cccc(Br)c4)nnc3s2)cc(OC)c1OC. The Morgan fingerprint density at radius 2 is 1.67 bits per heavy atom. The van der Waals surface area contributed by atoms with E-state index in [1.54, 1.807) is 25.8 Å². The molecule has 0 atom stereocenters. The molecule has 0 saturated heterocycles. The first kappa shape index (κ1) is 17.7. The van der Waals surface area contributed by atoms with Crippen molar-refractivity contribution in [3.8, 4) is 39.2 Å². The van der Waals surface area contributed by atoms with E-state index in [0.717, 1.165) is 20.6 Å². The summed E-state index contributed by atoms with van der Waals surface area (Å²) in [6.45, 7) is 0. The summed E-state index contributed by atoms with van der Waals surface area (Å²) in [6, 6.07) is 11.6. The van der Waals surface area contributed by atoms with Crippen LogP contribution in [-0.2, 0) is 0 Å². The van der Waals surface area contributed by atoms with E-state index in [2.05, 4.69) is 26.1 Å². The number of methoxy groups -OCH3 is 3. The number of ether oxygens (including phenoxy) is 3. The van der Waals surface area contributed by atoms with E-state index in [9.17, 15) is 0 Å². The van der Waals surface area contributed by atoms with Gasteiger partial charge >= 0.3 is 0 Å². The Labute approximate surface area is 167 Å². The number of halogens is 1. The maximum atomic E-state index is 5.43. The average Bonchev–Trinajstić information content (AvgIpc) is 3.27. The molecule has 4 aromatic rings. The Kier molecular flexibility index (Phi) is 4.71. The molecule has 7 nitrogen and oxygen atoms in total. The molecule has 27 heavy (non-hydrogen) atoms. The van der Waals surface area contributed by atoms with Crippen LogP contribution in [0.5, 0.6) is 17.2 Å². The molecule has 0 bridgehead atoms. The highest BCUT2D eigenvalue weighted by atomic mass is 79.9. The fourth-order valence-electron chi connectivity index (χ4n) is 2.75. The largest absolute Gasteiger partial charge is 0.493 e. The number of nitrogens with zero attached hydrogens (tertiary/aromatic N) is 4. The van der Waals surface area contributed by atoms with Crippen LogP contribution < -0.4 is 14.2 Å². The monoisotopic (exact) mass is 446 g/mol. The van der Waals surface area contributed by atoms with Crippen molar-refractivity contribution < 1.29 is 14.2 Å². The molecule has 0 aliphatic carbocycles. The lowest BCUT2D eigenvalue weighted by atomic mass is 10.2. The van der Waals surface area contributed by atoms with Crippen molar-refractivity contribution in [2.75, 3.05) is 21.3 Å². The lowest BCUT2D eigenvalue weighted by molar-refractivity contribution is 0.324. The molecule has 0 unspecified atom stereocenters. The molecule has 0 aliphatic rings. The third-order valence-electron chi connectivity index (χ3n) is 3.99. The molecule has 0 amide bonds. The van der Waals surface area contributed by atoms with Crippen LogP contribution in [-0.4, -0.2) is 41.1 Å². The zero-order chi connectivity index (χ0) is 19.0. The van der Waals surface area contributed by atoms with E-state index >= 15 is 0 Å². The van der Waals surface area contributed by atoms with Crippen LogP contribution in [0.25, 0.3) is 26.9 Å². The van der Waals surface area contributed by atoms with Gasteiger partial charge in [-0.15, -0.1) is 10.2 Å². The Morgan fingerprint density at radius 1 is 0.926 bits per heavy atom. The molecule has 0 saturated carbocycles. The number of fused-ring (bicyclic) bond motifs is 1. The van der Waals surface area contributed by atoms with Gasteiger partial charge in [-0.05, 0) is 24.3 Å². The van der Waals surface area contributed by atoms with Crippen molar-refractivity contribution in [1.82, 2.24) is 19.8 Å². The van der Waals surface area contributed by atoms with Crippen LogP contribution >= 0.6 is 27.3 Å². The third-order valence-corrected chi connectivity index (χ3v) is 5.43. The summed E-state index contributed by atoms with van der Waals surface area (Å²) in [7, 11) is 4.75. The minimum Gasteiger partial charge on any atom is -0.493 e. The van der Waals surface area contributed by atoms with Crippen LogP contribution in [0, 0.1) is 0 Å². The van der Waals surface area contributed by atoms with Crippen molar-refractivity contribution in [1.29, 1.82) is 0 Å². The maximum absolute atomic E-state index is 5.43.